The van der Waals surface area contributed by atoms with E-state index in [4.69, 9.17) is 11.6 Å². The number of hydrogen-bond donors (Lipinski definition) is 0. The van der Waals surface area contributed by atoms with Crippen molar-refractivity contribution in [1.29, 1.82) is 0 Å². The van der Waals surface area contributed by atoms with E-state index in [0.29, 0.717) is 10.8 Å². The van der Waals surface area contributed by atoms with E-state index in [2.05, 4.69) is 37.1 Å². The number of aryl methyl sites for hydroxylation is 1. The molecule has 0 atom stereocenters. The summed E-state index contributed by atoms with van der Waals surface area (Å²) in [4.78, 5) is 5.50. The van der Waals surface area contributed by atoms with Gasteiger partial charge in [0, 0.05) is 10.4 Å². The molecule has 0 unspecified atom stereocenters. The van der Waals surface area contributed by atoms with Gasteiger partial charge in [0.25, 0.3) is 0 Å². The van der Waals surface area contributed by atoms with Crippen LogP contribution in [0.4, 0.5) is 11.5 Å². The lowest BCUT2D eigenvalue weighted by Crippen LogP contribution is -1.87. The smallest absolute Gasteiger partial charge is 0.196 e. The Morgan fingerprint density at radius 1 is 1.00 bits per heavy atom. The van der Waals surface area contributed by atoms with Crippen molar-refractivity contribution in [3.8, 4) is 11.3 Å². The van der Waals surface area contributed by atoms with E-state index in [1.165, 1.54) is 0 Å². The number of halogens is 1. The lowest BCUT2D eigenvalue weighted by molar-refractivity contribution is 1.11. The molecule has 4 aromatic rings. The van der Waals surface area contributed by atoms with Crippen LogP contribution in [0.15, 0.2) is 70.2 Å². The Bertz CT molecular complexity index is 1020. The van der Waals surface area contributed by atoms with Crippen molar-refractivity contribution in [1.82, 2.24) is 9.38 Å². The van der Waals surface area contributed by atoms with Crippen LogP contribution < -0.4 is 0 Å². The molecule has 118 valence electrons. The Hall–Kier alpha value is -2.50. The fourth-order valence-corrected chi connectivity index (χ4v) is 3.57. The van der Waals surface area contributed by atoms with Gasteiger partial charge in [-0.05, 0) is 36.8 Å². The first-order valence-electron chi connectivity index (χ1n) is 7.41. The highest BCUT2D eigenvalue weighted by molar-refractivity contribution is 7.15. The van der Waals surface area contributed by atoms with Crippen LogP contribution in [0.3, 0.4) is 0 Å². The molecule has 0 N–H and O–H groups in total. The van der Waals surface area contributed by atoms with Gasteiger partial charge in [-0.2, -0.15) is 4.98 Å². The van der Waals surface area contributed by atoms with E-state index in [0.717, 1.165) is 27.6 Å². The molecule has 0 saturated carbocycles. The molecule has 2 aromatic carbocycles. The summed E-state index contributed by atoms with van der Waals surface area (Å²) < 4.78 is 2.12. The molecule has 0 radical (unpaired) electrons. The molecule has 0 aliphatic carbocycles. The van der Waals surface area contributed by atoms with E-state index in [1.54, 1.807) is 23.5 Å². The average Bonchev–Trinajstić information content (AvgIpc) is 3.16. The number of benzene rings is 2. The lowest BCUT2D eigenvalue weighted by Gasteiger charge is -2.01. The highest BCUT2D eigenvalue weighted by Gasteiger charge is 2.14. The van der Waals surface area contributed by atoms with Crippen molar-refractivity contribution in [2.75, 3.05) is 0 Å². The van der Waals surface area contributed by atoms with Crippen molar-refractivity contribution in [3.63, 3.8) is 0 Å². The van der Waals surface area contributed by atoms with Gasteiger partial charge in [0.2, 0.25) is 0 Å². The zero-order valence-corrected chi connectivity index (χ0v) is 14.4. The first-order valence-corrected chi connectivity index (χ1v) is 8.67. The van der Waals surface area contributed by atoms with Crippen molar-refractivity contribution in [3.05, 3.63) is 70.7 Å². The van der Waals surface area contributed by atoms with E-state index >= 15 is 0 Å². The highest BCUT2D eigenvalue weighted by atomic mass is 35.5. The maximum atomic E-state index is 5.88. The first kappa shape index (κ1) is 15.1. The first-order chi connectivity index (χ1) is 11.7. The second-order valence-electron chi connectivity index (χ2n) is 5.30. The van der Waals surface area contributed by atoms with Gasteiger partial charge in [-0.1, -0.05) is 41.9 Å². The number of rotatable bonds is 3. The zero-order valence-electron chi connectivity index (χ0n) is 12.8. The Labute approximate surface area is 148 Å². The normalized spacial score (nSPS) is 11.6. The summed E-state index contributed by atoms with van der Waals surface area (Å²) in [6.07, 6.45) is 0. The highest BCUT2D eigenvalue weighted by Crippen LogP contribution is 2.32. The molecule has 4 nitrogen and oxygen atoms in total. The third-order valence-electron chi connectivity index (χ3n) is 3.73. The Morgan fingerprint density at radius 2 is 1.75 bits per heavy atom. The largest absolute Gasteiger partial charge is 0.285 e. The molecule has 0 spiro atoms. The quantitative estimate of drug-likeness (QED) is 0.391. The predicted molar refractivity (Wildman–Crippen MR) is 98.9 cm³/mol. The minimum Gasteiger partial charge on any atom is -0.285 e. The van der Waals surface area contributed by atoms with E-state index in [1.807, 2.05) is 37.3 Å². The molecule has 0 aliphatic rings. The Balaban J connectivity index is 1.74. The van der Waals surface area contributed by atoms with Crippen LogP contribution in [-0.2, 0) is 0 Å². The molecule has 0 amide bonds. The van der Waals surface area contributed by atoms with Gasteiger partial charge in [-0.25, -0.2) is 0 Å². The standard InChI is InChI=1S/C18H13ClN4S/c1-12-17(22-21-15-9-7-14(19)8-10-15)20-18-23(12)16(11-24-18)13-5-3-2-4-6-13/h2-11H,1H3. The molecule has 0 bridgehead atoms. The van der Waals surface area contributed by atoms with Gasteiger partial charge in [0.05, 0.1) is 17.1 Å². The van der Waals surface area contributed by atoms with Gasteiger partial charge < -0.3 is 0 Å². The maximum absolute atomic E-state index is 5.88. The van der Waals surface area contributed by atoms with Gasteiger partial charge in [-0.15, -0.1) is 21.6 Å². The average molecular weight is 353 g/mol. The molecule has 0 aliphatic heterocycles. The summed E-state index contributed by atoms with van der Waals surface area (Å²) in [5, 5.41) is 11.4. The molecule has 0 fully saturated rings. The third-order valence-corrected chi connectivity index (χ3v) is 4.80. The van der Waals surface area contributed by atoms with Crippen molar-refractivity contribution in [2.24, 2.45) is 10.2 Å². The zero-order chi connectivity index (χ0) is 16.5. The van der Waals surface area contributed by atoms with Gasteiger partial charge >= 0.3 is 0 Å². The molecule has 4 rings (SSSR count). The number of imidazole rings is 1. The fraction of sp³-hybridized carbons (Fsp3) is 0.0556. The second kappa shape index (κ2) is 6.19. The monoisotopic (exact) mass is 352 g/mol. The summed E-state index contributed by atoms with van der Waals surface area (Å²) in [6.45, 7) is 2.01. The molecular weight excluding hydrogens is 340 g/mol. The summed E-state index contributed by atoms with van der Waals surface area (Å²) in [6, 6.07) is 17.5. The van der Waals surface area contributed by atoms with Crippen LogP contribution in [-0.4, -0.2) is 9.38 Å². The van der Waals surface area contributed by atoms with Crippen LogP contribution in [0.25, 0.3) is 16.2 Å². The van der Waals surface area contributed by atoms with Crippen LogP contribution in [0.5, 0.6) is 0 Å². The van der Waals surface area contributed by atoms with Gasteiger partial charge in [0.1, 0.15) is 0 Å². The molecule has 6 heteroatoms. The maximum Gasteiger partial charge on any atom is 0.196 e. The van der Waals surface area contributed by atoms with Crippen LogP contribution in [0.2, 0.25) is 5.02 Å². The summed E-state index contributed by atoms with van der Waals surface area (Å²) >= 11 is 7.48. The summed E-state index contributed by atoms with van der Waals surface area (Å²) in [5.41, 5.74) is 4.00. The number of thiazole rings is 1. The number of fused-ring (bicyclic) bond motifs is 1. The van der Waals surface area contributed by atoms with Crippen LogP contribution in [0.1, 0.15) is 5.69 Å². The predicted octanol–water partition coefficient (Wildman–Crippen LogP) is 6.44. The molecule has 0 saturated heterocycles. The summed E-state index contributed by atoms with van der Waals surface area (Å²) in [7, 11) is 0. The molecule has 2 heterocycles. The van der Waals surface area contributed by atoms with E-state index in [-0.39, 0.29) is 0 Å². The minimum absolute atomic E-state index is 0.633. The van der Waals surface area contributed by atoms with Gasteiger partial charge in [0.15, 0.2) is 10.8 Å². The molecular formula is C18H13ClN4S. The van der Waals surface area contributed by atoms with Crippen molar-refractivity contribution >= 4 is 39.4 Å². The number of nitrogens with zero attached hydrogens (tertiary/aromatic N) is 4. The second-order valence-corrected chi connectivity index (χ2v) is 6.58. The summed E-state index contributed by atoms with van der Waals surface area (Å²) in [5.74, 6) is 0.633. The topological polar surface area (TPSA) is 42.0 Å². The van der Waals surface area contributed by atoms with Crippen molar-refractivity contribution in [2.45, 2.75) is 6.92 Å². The number of hydrogen-bond acceptors (Lipinski definition) is 4. The van der Waals surface area contributed by atoms with Crippen LogP contribution >= 0.6 is 22.9 Å². The molecule has 24 heavy (non-hydrogen) atoms. The number of azo groups is 1. The third kappa shape index (κ3) is 2.72. The minimum atomic E-state index is 0.633. The van der Waals surface area contributed by atoms with Gasteiger partial charge in [-0.3, -0.25) is 4.40 Å². The molecule has 2 aromatic heterocycles. The lowest BCUT2D eigenvalue weighted by atomic mass is 10.2. The fourth-order valence-electron chi connectivity index (χ4n) is 2.50. The SMILES string of the molecule is Cc1c(N=Nc2ccc(Cl)cc2)nc2scc(-c3ccccc3)n12. The van der Waals surface area contributed by atoms with E-state index < -0.39 is 0 Å². The van der Waals surface area contributed by atoms with Crippen molar-refractivity contribution < 1.29 is 0 Å². The van der Waals surface area contributed by atoms with Crippen LogP contribution in [0, 0.1) is 6.92 Å². The number of aromatic nitrogens is 2. The Morgan fingerprint density at radius 3 is 2.50 bits per heavy atom. The Kier molecular flexibility index (Phi) is 3.88. The van der Waals surface area contributed by atoms with E-state index in [9.17, 15) is 0 Å².